The van der Waals surface area contributed by atoms with Crippen molar-refractivity contribution in [1.82, 2.24) is 20.2 Å². The molecule has 3 rings (SSSR count). The molecule has 0 saturated carbocycles. The first-order valence-corrected chi connectivity index (χ1v) is 9.56. The van der Waals surface area contributed by atoms with Gasteiger partial charge in [0, 0.05) is 18.0 Å². The zero-order valence-electron chi connectivity index (χ0n) is 13.8. The first-order valence-electron chi connectivity index (χ1n) is 7.76. The van der Waals surface area contributed by atoms with Crippen LogP contribution in [-0.4, -0.2) is 31.8 Å². The normalized spacial score (nSPS) is 10.3. The number of hydrogen-bond donors (Lipinski definition) is 1. The van der Waals surface area contributed by atoms with Crippen molar-refractivity contribution in [1.29, 1.82) is 5.26 Å². The predicted octanol–water partition coefficient (Wildman–Crippen LogP) is 3.16. The Balaban J connectivity index is 1.70. The third-order valence-electron chi connectivity index (χ3n) is 3.31. The minimum Gasteiger partial charge on any atom is -0.300 e. The van der Waals surface area contributed by atoms with Gasteiger partial charge in [0.15, 0.2) is 0 Å². The Hall–Kier alpha value is -2.83. The number of aryl methyl sites for hydroxylation is 1. The number of carbonyl (C=O) groups is 1. The van der Waals surface area contributed by atoms with Gasteiger partial charge in [0.25, 0.3) is 0 Å². The van der Waals surface area contributed by atoms with Crippen molar-refractivity contribution in [2.45, 2.75) is 18.4 Å². The molecule has 0 aromatic carbocycles. The van der Waals surface area contributed by atoms with E-state index in [0.29, 0.717) is 15.7 Å². The highest BCUT2D eigenvalue weighted by Gasteiger charge is 2.12. The van der Waals surface area contributed by atoms with Gasteiger partial charge in [-0.2, -0.15) is 5.26 Å². The topological polar surface area (TPSA) is 104 Å². The van der Waals surface area contributed by atoms with Crippen molar-refractivity contribution in [2.24, 2.45) is 0 Å². The Kier molecular flexibility index (Phi) is 5.88. The summed E-state index contributed by atoms with van der Waals surface area (Å²) < 4.78 is 0. The van der Waals surface area contributed by atoms with Gasteiger partial charge in [-0.15, -0.1) is 10.2 Å². The lowest BCUT2D eigenvalue weighted by Crippen LogP contribution is -2.14. The zero-order valence-corrected chi connectivity index (χ0v) is 15.5. The molecule has 26 heavy (non-hydrogen) atoms. The van der Waals surface area contributed by atoms with Crippen LogP contribution in [0.15, 0.2) is 41.7 Å². The first-order chi connectivity index (χ1) is 12.7. The molecule has 0 radical (unpaired) electrons. The van der Waals surface area contributed by atoms with Gasteiger partial charge < -0.3 is 0 Å². The summed E-state index contributed by atoms with van der Waals surface area (Å²) in [6.45, 7) is 1.98. The summed E-state index contributed by atoms with van der Waals surface area (Å²) in [5.74, 6) is -0.0866. The number of hydrogen-bond acceptors (Lipinski definition) is 8. The van der Waals surface area contributed by atoms with Gasteiger partial charge in [-0.05, 0) is 30.7 Å². The Morgan fingerprint density at radius 1 is 1.27 bits per heavy atom. The molecule has 7 nitrogen and oxygen atoms in total. The van der Waals surface area contributed by atoms with Crippen molar-refractivity contribution >= 4 is 34.1 Å². The molecule has 0 saturated heterocycles. The maximum absolute atomic E-state index is 12.1. The van der Waals surface area contributed by atoms with Gasteiger partial charge in [-0.25, -0.2) is 4.98 Å². The van der Waals surface area contributed by atoms with Crippen LogP contribution in [-0.2, 0) is 11.2 Å². The molecule has 0 aliphatic carbocycles. The molecule has 3 heterocycles. The van der Waals surface area contributed by atoms with E-state index in [1.54, 1.807) is 24.5 Å². The summed E-state index contributed by atoms with van der Waals surface area (Å²) in [5, 5.41) is 21.7. The SMILES string of the molecule is CCc1nnc(NC(=O)CSc2nc(-c3ccncc3)ccc2C#N)s1. The van der Waals surface area contributed by atoms with Gasteiger partial charge in [0.1, 0.15) is 16.1 Å². The number of rotatable bonds is 6. The molecule has 0 bridgehead atoms. The highest BCUT2D eigenvalue weighted by molar-refractivity contribution is 8.00. The standard InChI is InChI=1S/C17H14N6OS2/c1-2-15-22-23-17(26-15)21-14(24)10-25-16-12(9-18)3-4-13(20-16)11-5-7-19-8-6-11/h3-8H,2,10H2,1H3,(H,21,23,24). The fourth-order valence-electron chi connectivity index (χ4n) is 2.06. The average molecular weight is 382 g/mol. The number of aromatic nitrogens is 4. The smallest absolute Gasteiger partial charge is 0.236 e. The van der Waals surface area contributed by atoms with Crippen LogP contribution in [0.2, 0.25) is 0 Å². The van der Waals surface area contributed by atoms with Gasteiger partial charge >= 0.3 is 0 Å². The molecular weight excluding hydrogens is 368 g/mol. The van der Waals surface area contributed by atoms with E-state index in [4.69, 9.17) is 0 Å². The maximum atomic E-state index is 12.1. The van der Waals surface area contributed by atoms with Crippen LogP contribution in [0.1, 0.15) is 17.5 Å². The highest BCUT2D eigenvalue weighted by atomic mass is 32.2. The molecule has 0 aliphatic heterocycles. The van der Waals surface area contributed by atoms with Crippen molar-refractivity contribution in [3.63, 3.8) is 0 Å². The molecule has 0 aliphatic rings. The molecule has 1 amide bonds. The molecule has 3 aromatic rings. The lowest BCUT2D eigenvalue weighted by atomic mass is 10.1. The summed E-state index contributed by atoms with van der Waals surface area (Å²) >= 11 is 2.57. The Morgan fingerprint density at radius 3 is 2.77 bits per heavy atom. The van der Waals surface area contributed by atoms with Crippen LogP contribution in [0.3, 0.4) is 0 Å². The van der Waals surface area contributed by atoms with Crippen LogP contribution in [0.25, 0.3) is 11.3 Å². The molecule has 0 unspecified atom stereocenters. The number of nitrogens with zero attached hydrogens (tertiary/aromatic N) is 5. The molecule has 0 atom stereocenters. The van der Waals surface area contributed by atoms with E-state index in [1.165, 1.54) is 23.1 Å². The molecule has 1 N–H and O–H groups in total. The third kappa shape index (κ3) is 4.41. The van der Waals surface area contributed by atoms with Crippen molar-refractivity contribution < 1.29 is 4.79 Å². The van der Waals surface area contributed by atoms with E-state index >= 15 is 0 Å². The predicted molar refractivity (Wildman–Crippen MR) is 101 cm³/mol. The number of nitrogens with one attached hydrogen (secondary N) is 1. The third-order valence-corrected chi connectivity index (χ3v) is 5.29. The van der Waals surface area contributed by atoms with Crippen LogP contribution in [0.4, 0.5) is 5.13 Å². The van der Waals surface area contributed by atoms with Gasteiger partial charge in [0.2, 0.25) is 11.0 Å². The summed E-state index contributed by atoms with van der Waals surface area (Å²) in [6.07, 6.45) is 4.14. The summed E-state index contributed by atoms with van der Waals surface area (Å²) in [6, 6.07) is 9.29. The van der Waals surface area contributed by atoms with Crippen LogP contribution in [0.5, 0.6) is 0 Å². The van der Waals surface area contributed by atoms with Gasteiger partial charge in [-0.1, -0.05) is 30.0 Å². The largest absolute Gasteiger partial charge is 0.300 e. The van der Waals surface area contributed by atoms with Crippen molar-refractivity contribution in [2.75, 3.05) is 11.1 Å². The lowest BCUT2D eigenvalue weighted by molar-refractivity contribution is -0.113. The van der Waals surface area contributed by atoms with Gasteiger partial charge in [0.05, 0.1) is 17.0 Å². The number of anilines is 1. The van der Waals surface area contributed by atoms with Crippen LogP contribution >= 0.6 is 23.1 Å². The summed E-state index contributed by atoms with van der Waals surface area (Å²) in [4.78, 5) is 20.6. The Bertz CT molecular complexity index is 951. The van der Waals surface area contributed by atoms with E-state index in [1.807, 2.05) is 19.1 Å². The first kappa shape index (κ1) is 18.0. The summed E-state index contributed by atoms with van der Waals surface area (Å²) in [7, 11) is 0. The average Bonchev–Trinajstić information content (AvgIpc) is 3.14. The molecule has 9 heteroatoms. The fourth-order valence-corrected chi connectivity index (χ4v) is 3.52. The van der Waals surface area contributed by atoms with E-state index in [0.717, 1.165) is 22.7 Å². The number of amides is 1. The van der Waals surface area contributed by atoms with Crippen molar-refractivity contribution in [3.8, 4) is 17.3 Å². The number of pyridine rings is 2. The second-order valence-corrected chi connectivity index (χ2v) is 7.11. The molecule has 130 valence electrons. The van der Waals surface area contributed by atoms with E-state index in [-0.39, 0.29) is 11.7 Å². The molecule has 0 spiro atoms. The van der Waals surface area contributed by atoms with Gasteiger partial charge in [-0.3, -0.25) is 15.1 Å². The lowest BCUT2D eigenvalue weighted by Gasteiger charge is -2.06. The minimum absolute atomic E-state index is 0.127. The Labute approximate surface area is 158 Å². The number of thioether (sulfide) groups is 1. The molecular formula is C17H14N6OS2. The maximum Gasteiger partial charge on any atom is 0.236 e. The minimum atomic E-state index is -0.214. The van der Waals surface area contributed by atoms with E-state index in [9.17, 15) is 10.1 Å². The van der Waals surface area contributed by atoms with Crippen LogP contribution in [0, 0.1) is 11.3 Å². The quantitative estimate of drug-likeness (QED) is 0.653. The number of carbonyl (C=O) groups excluding carboxylic acids is 1. The van der Waals surface area contributed by atoms with E-state index < -0.39 is 0 Å². The second-order valence-electron chi connectivity index (χ2n) is 5.09. The molecule has 0 fully saturated rings. The summed E-state index contributed by atoms with van der Waals surface area (Å²) in [5.41, 5.74) is 2.06. The zero-order chi connectivity index (χ0) is 18.4. The fraction of sp³-hybridized carbons (Fsp3) is 0.176. The monoisotopic (exact) mass is 382 g/mol. The Morgan fingerprint density at radius 2 is 2.08 bits per heavy atom. The van der Waals surface area contributed by atoms with E-state index in [2.05, 4.69) is 31.6 Å². The molecule has 3 aromatic heterocycles. The van der Waals surface area contributed by atoms with Crippen molar-refractivity contribution in [3.05, 3.63) is 47.2 Å². The second kappa shape index (κ2) is 8.51. The highest BCUT2D eigenvalue weighted by Crippen LogP contribution is 2.25. The van der Waals surface area contributed by atoms with Crippen LogP contribution < -0.4 is 5.32 Å². The number of nitriles is 1.